The standard InChI is InChI=1S/C26H33N3O/c1-3-28(4-2)25(30)23-13-11-21(12-14-23)20-26(29-18-16-27-17-19-29)15-7-9-22-8-5-6-10-24(22)26/h5-14,27H,3-4,15-20H2,1-2H3. The average Bonchev–Trinajstić information content (AvgIpc) is 2.81. The molecule has 2 aliphatic rings. The van der Waals surface area contributed by atoms with Crippen LogP contribution in [0, 0.1) is 0 Å². The van der Waals surface area contributed by atoms with Crippen molar-refractivity contribution in [3.8, 4) is 0 Å². The molecule has 4 heteroatoms. The Morgan fingerprint density at radius 2 is 1.73 bits per heavy atom. The van der Waals surface area contributed by atoms with E-state index in [4.69, 9.17) is 0 Å². The Labute approximate surface area is 180 Å². The van der Waals surface area contributed by atoms with Crippen LogP contribution in [-0.4, -0.2) is 55.0 Å². The summed E-state index contributed by atoms with van der Waals surface area (Å²) >= 11 is 0. The Kier molecular flexibility index (Phi) is 6.35. The number of nitrogens with zero attached hydrogens (tertiary/aromatic N) is 2. The second kappa shape index (κ2) is 9.15. The molecule has 1 amide bonds. The molecule has 2 aromatic rings. The molecule has 30 heavy (non-hydrogen) atoms. The molecular weight excluding hydrogens is 370 g/mol. The van der Waals surface area contributed by atoms with E-state index in [0.29, 0.717) is 0 Å². The first-order chi connectivity index (χ1) is 14.7. The summed E-state index contributed by atoms with van der Waals surface area (Å²) in [5.74, 6) is 0.120. The molecule has 0 radical (unpaired) electrons. The largest absolute Gasteiger partial charge is 0.339 e. The number of carbonyl (C=O) groups excluding carboxylic acids is 1. The van der Waals surface area contributed by atoms with Crippen molar-refractivity contribution in [3.05, 3.63) is 76.9 Å². The molecule has 1 N–H and O–H groups in total. The second-order valence-electron chi connectivity index (χ2n) is 8.31. The fourth-order valence-corrected chi connectivity index (χ4v) is 5.02. The van der Waals surface area contributed by atoms with Crippen LogP contribution in [0.15, 0.2) is 54.6 Å². The number of hydrogen-bond donors (Lipinski definition) is 1. The van der Waals surface area contributed by atoms with Crippen molar-refractivity contribution in [3.63, 3.8) is 0 Å². The van der Waals surface area contributed by atoms with Gasteiger partial charge in [0.25, 0.3) is 5.91 Å². The van der Waals surface area contributed by atoms with E-state index in [9.17, 15) is 4.79 Å². The Morgan fingerprint density at radius 1 is 1.03 bits per heavy atom. The lowest BCUT2D eigenvalue weighted by atomic mass is 9.74. The lowest BCUT2D eigenvalue weighted by molar-refractivity contribution is 0.0709. The molecule has 0 saturated carbocycles. The maximum Gasteiger partial charge on any atom is 0.253 e. The number of carbonyl (C=O) groups is 1. The van der Waals surface area contributed by atoms with Crippen molar-refractivity contribution in [2.45, 2.75) is 32.2 Å². The van der Waals surface area contributed by atoms with Gasteiger partial charge in [0.1, 0.15) is 0 Å². The number of nitrogens with one attached hydrogen (secondary N) is 1. The fraction of sp³-hybridized carbons (Fsp3) is 0.423. The van der Waals surface area contributed by atoms with E-state index in [1.165, 1.54) is 16.7 Å². The van der Waals surface area contributed by atoms with Gasteiger partial charge >= 0.3 is 0 Å². The molecule has 1 aliphatic carbocycles. The topological polar surface area (TPSA) is 35.6 Å². The summed E-state index contributed by atoms with van der Waals surface area (Å²) in [7, 11) is 0. The van der Waals surface area contributed by atoms with Crippen LogP contribution in [-0.2, 0) is 12.0 Å². The van der Waals surface area contributed by atoms with E-state index in [2.05, 4.69) is 58.8 Å². The van der Waals surface area contributed by atoms with Crippen LogP contribution in [0.25, 0.3) is 6.08 Å². The lowest BCUT2D eigenvalue weighted by Gasteiger charge is -2.48. The zero-order valence-electron chi connectivity index (χ0n) is 18.2. The highest BCUT2D eigenvalue weighted by atomic mass is 16.2. The summed E-state index contributed by atoms with van der Waals surface area (Å²) in [6.07, 6.45) is 6.57. The van der Waals surface area contributed by atoms with Gasteiger partial charge in [-0.3, -0.25) is 9.69 Å². The normalized spacial score (nSPS) is 21.3. The predicted molar refractivity (Wildman–Crippen MR) is 124 cm³/mol. The van der Waals surface area contributed by atoms with E-state index in [1.807, 2.05) is 30.9 Å². The van der Waals surface area contributed by atoms with Crippen LogP contribution >= 0.6 is 0 Å². The molecule has 1 unspecified atom stereocenters. The van der Waals surface area contributed by atoms with E-state index < -0.39 is 0 Å². The van der Waals surface area contributed by atoms with Gasteiger partial charge in [-0.05, 0) is 55.5 Å². The van der Waals surface area contributed by atoms with E-state index in [-0.39, 0.29) is 11.4 Å². The van der Waals surface area contributed by atoms with Crippen molar-refractivity contribution in [2.75, 3.05) is 39.3 Å². The molecule has 1 aliphatic heterocycles. The number of amides is 1. The third kappa shape index (κ3) is 3.94. The van der Waals surface area contributed by atoms with Crippen LogP contribution in [0.4, 0.5) is 0 Å². The highest BCUT2D eigenvalue weighted by molar-refractivity contribution is 5.94. The van der Waals surface area contributed by atoms with Crippen molar-refractivity contribution < 1.29 is 4.79 Å². The molecule has 4 rings (SSSR count). The zero-order valence-corrected chi connectivity index (χ0v) is 18.2. The molecule has 0 spiro atoms. The third-order valence-electron chi connectivity index (χ3n) is 6.69. The van der Waals surface area contributed by atoms with Gasteiger partial charge in [-0.1, -0.05) is 48.6 Å². The Morgan fingerprint density at radius 3 is 2.43 bits per heavy atom. The van der Waals surface area contributed by atoms with Crippen molar-refractivity contribution >= 4 is 12.0 Å². The monoisotopic (exact) mass is 403 g/mol. The summed E-state index contributed by atoms with van der Waals surface area (Å²) in [4.78, 5) is 17.2. The molecule has 0 aromatic heterocycles. The number of rotatable bonds is 6. The van der Waals surface area contributed by atoms with Gasteiger partial charge in [0.05, 0.1) is 5.54 Å². The van der Waals surface area contributed by atoms with Crippen molar-refractivity contribution in [1.82, 2.24) is 15.1 Å². The predicted octanol–water partition coefficient (Wildman–Crippen LogP) is 3.93. The first-order valence-electron chi connectivity index (χ1n) is 11.3. The minimum Gasteiger partial charge on any atom is -0.339 e. The Bertz CT molecular complexity index is 895. The summed E-state index contributed by atoms with van der Waals surface area (Å²) in [5, 5.41) is 3.50. The number of benzene rings is 2. The summed E-state index contributed by atoms with van der Waals surface area (Å²) < 4.78 is 0. The lowest BCUT2D eigenvalue weighted by Crippen LogP contribution is -2.56. The van der Waals surface area contributed by atoms with Gasteiger partial charge in [-0.2, -0.15) is 0 Å². The van der Waals surface area contributed by atoms with Gasteiger partial charge in [-0.15, -0.1) is 0 Å². The van der Waals surface area contributed by atoms with Gasteiger partial charge in [0.15, 0.2) is 0 Å². The molecule has 158 valence electrons. The van der Waals surface area contributed by atoms with E-state index in [0.717, 1.165) is 57.7 Å². The summed E-state index contributed by atoms with van der Waals surface area (Å²) in [6.45, 7) is 9.72. The van der Waals surface area contributed by atoms with Crippen molar-refractivity contribution in [1.29, 1.82) is 0 Å². The molecule has 1 fully saturated rings. The molecule has 0 bridgehead atoms. The number of hydrogen-bond acceptors (Lipinski definition) is 3. The van der Waals surface area contributed by atoms with Crippen LogP contribution in [0.5, 0.6) is 0 Å². The maximum absolute atomic E-state index is 12.7. The van der Waals surface area contributed by atoms with E-state index in [1.54, 1.807) is 0 Å². The average molecular weight is 404 g/mol. The Hall–Kier alpha value is -2.43. The minimum absolute atomic E-state index is 0.0299. The molecule has 1 saturated heterocycles. The molecule has 1 atom stereocenters. The molecule has 4 nitrogen and oxygen atoms in total. The quantitative estimate of drug-likeness (QED) is 0.794. The van der Waals surface area contributed by atoms with Crippen molar-refractivity contribution in [2.24, 2.45) is 0 Å². The molecule has 2 aromatic carbocycles. The SMILES string of the molecule is CCN(CC)C(=O)c1ccc(CC2(N3CCNCC3)CC=Cc3ccccc32)cc1. The smallest absolute Gasteiger partial charge is 0.253 e. The van der Waals surface area contributed by atoms with Gasteiger partial charge in [0, 0.05) is 44.8 Å². The highest BCUT2D eigenvalue weighted by Crippen LogP contribution is 2.41. The highest BCUT2D eigenvalue weighted by Gasteiger charge is 2.40. The minimum atomic E-state index is -0.0299. The van der Waals surface area contributed by atoms with Gasteiger partial charge < -0.3 is 10.2 Å². The molecular formula is C26H33N3O. The molecule has 1 heterocycles. The van der Waals surface area contributed by atoms with Gasteiger partial charge in [-0.25, -0.2) is 0 Å². The second-order valence-corrected chi connectivity index (χ2v) is 8.31. The first kappa shape index (κ1) is 20.8. The Balaban J connectivity index is 1.65. The number of piperazine rings is 1. The number of fused-ring (bicyclic) bond motifs is 1. The van der Waals surface area contributed by atoms with Crippen LogP contribution in [0.1, 0.15) is 47.3 Å². The van der Waals surface area contributed by atoms with Crippen LogP contribution in [0.3, 0.4) is 0 Å². The van der Waals surface area contributed by atoms with Crippen LogP contribution in [0.2, 0.25) is 0 Å². The van der Waals surface area contributed by atoms with Gasteiger partial charge in [0.2, 0.25) is 0 Å². The summed E-state index contributed by atoms with van der Waals surface area (Å²) in [6, 6.07) is 17.2. The zero-order chi connectivity index (χ0) is 21.0. The summed E-state index contributed by atoms with van der Waals surface area (Å²) in [5.41, 5.74) is 4.79. The third-order valence-corrected chi connectivity index (χ3v) is 6.69. The van der Waals surface area contributed by atoms with Crippen LogP contribution < -0.4 is 5.32 Å². The first-order valence-corrected chi connectivity index (χ1v) is 11.3. The fourth-order valence-electron chi connectivity index (χ4n) is 5.02. The maximum atomic E-state index is 12.7. The van der Waals surface area contributed by atoms with E-state index >= 15 is 0 Å².